The second kappa shape index (κ2) is 7.64. The lowest BCUT2D eigenvalue weighted by Crippen LogP contribution is -3.15. The maximum absolute atomic E-state index is 12.9. The van der Waals surface area contributed by atoms with E-state index in [4.69, 9.17) is 4.42 Å². The van der Waals surface area contributed by atoms with Crippen LogP contribution >= 0.6 is 0 Å². The third kappa shape index (κ3) is 3.60. The lowest BCUT2D eigenvalue weighted by atomic mass is 10.0. The van der Waals surface area contributed by atoms with Crippen molar-refractivity contribution in [2.24, 2.45) is 0 Å². The molecule has 2 heterocycles. The van der Waals surface area contributed by atoms with Gasteiger partial charge in [-0.1, -0.05) is 30.3 Å². The summed E-state index contributed by atoms with van der Waals surface area (Å²) < 4.78 is 5.71. The number of nitrogens with zero attached hydrogens (tertiary/aromatic N) is 2. The Morgan fingerprint density at radius 3 is 2.61 bits per heavy atom. The van der Waals surface area contributed by atoms with Crippen molar-refractivity contribution in [2.75, 3.05) is 46.8 Å². The molecule has 1 fully saturated rings. The van der Waals surface area contributed by atoms with Gasteiger partial charge in [-0.25, -0.2) is 0 Å². The normalized spacial score (nSPS) is 15.3. The number of amides is 2. The Kier molecular flexibility index (Phi) is 5.05. The van der Waals surface area contributed by atoms with Crippen molar-refractivity contribution in [3.05, 3.63) is 48.2 Å². The molecule has 0 bridgehead atoms. The molecule has 0 radical (unpaired) electrons. The van der Waals surface area contributed by atoms with Gasteiger partial charge in [-0.05, 0) is 16.8 Å². The van der Waals surface area contributed by atoms with Gasteiger partial charge in [-0.15, -0.1) is 0 Å². The van der Waals surface area contributed by atoms with Crippen molar-refractivity contribution in [3.8, 4) is 0 Å². The monoisotopic (exact) mass is 380 g/mol. The summed E-state index contributed by atoms with van der Waals surface area (Å²) in [5, 5.41) is 3.30. The predicted molar refractivity (Wildman–Crippen MR) is 108 cm³/mol. The quantitative estimate of drug-likeness (QED) is 0.733. The first-order chi connectivity index (χ1) is 13.5. The number of furan rings is 1. The van der Waals surface area contributed by atoms with Crippen LogP contribution in [0.1, 0.15) is 5.56 Å². The van der Waals surface area contributed by atoms with Crippen LogP contribution in [0.3, 0.4) is 0 Å². The first kappa shape index (κ1) is 18.5. The van der Waals surface area contributed by atoms with Gasteiger partial charge >= 0.3 is 0 Å². The van der Waals surface area contributed by atoms with E-state index in [0.29, 0.717) is 26.1 Å². The average Bonchev–Trinajstić information content (AvgIpc) is 3.11. The fourth-order valence-corrected chi connectivity index (χ4v) is 3.90. The van der Waals surface area contributed by atoms with E-state index in [-0.39, 0.29) is 11.8 Å². The zero-order valence-corrected chi connectivity index (χ0v) is 16.4. The molecular formula is C22H26N3O3+. The third-order valence-electron chi connectivity index (χ3n) is 5.61. The molecule has 3 aromatic rings. The zero-order valence-electron chi connectivity index (χ0n) is 16.4. The van der Waals surface area contributed by atoms with Crippen molar-refractivity contribution >= 4 is 33.6 Å². The number of hydrogen-bond acceptors (Lipinski definition) is 3. The molecule has 0 aliphatic carbocycles. The summed E-state index contributed by atoms with van der Waals surface area (Å²) in [6, 6.07) is 12.2. The van der Waals surface area contributed by atoms with E-state index < -0.39 is 0 Å². The van der Waals surface area contributed by atoms with Gasteiger partial charge < -0.3 is 19.1 Å². The number of carbonyl (C=O) groups is 2. The summed E-state index contributed by atoms with van der Waals surface area (Å²) >= 11 is 0. The van der Waals surface area contributed by atoms with Crippen LogP contribution in [0.15, 0.2) is 47.1 Å². The van der Waals surface area contributed by atoms with Crippen molar-refractivity contribution in [2.45, 2.75) is 6.42 Å². The molecule has 6 nitrogen and oxygen atoms in total. The van der Waals surface area contributed by atoms with Gasteiger partial charge in [0, 0.05) is 25.0 Å². The second-order valence-electron chi connectivity index (χ2n) is 7.69. The van der Waals surface area contributed by atoms with Crippen LogP contribution in [0.25, 0.3) is 21.7 Å². The number of carbonyl (C=O) groups excluding carboxylic acids is 2. The van der Waals surface area contributed by atoms with Crippen LogP contribution in [-0.4, -0.2) is 68.4 Å². The number of hydrogen-bond donors (Lipinski definition) is 1. The highest BCUT2D eigenvalue weighted by atomic mass is 16.3. The van der Waals surface area contributed by atoms with E-state index in [1.807, 2.05) is 29.2 Å². The van der Waals surface area contributed by atoms with Gasteiger partial charge in [0.1, 0.15) is 5.58 Å². The second-order valence-corrected chi connectivity index (χ2v) is 7.69. The topological polar surface area (TPSA) is 58.2 Å². The Morgan fingerprint density at radius 1 is 1.11 bits per heavy atom. The van der Waals surface area contributed by atoms with Crippen molar-refractivity contribution in [1.29, 1.82) is 0 Å². The molecule has 1 saturated heterocycles. The summed E-state index contributed by atoms with van der Waals surface area (Å²) in [4.78, 5) is 29.5. The summed E-state index contributed by atoms with van der Waals surface area (Å²) in [5.41, 5.74) is 1.76. The maximum atomic E-state index is 12.9. The molecule has 0 atom stereocenters. The minimum absolute atomic E-state index is 0.119. The van der Waals surface area contributed by atoms with Crippen molar-refractivity contribution in [3.63, 3.8) is 0 Å². The van der Waals surface area contributed by atoms with Crippen LogP contribution < -0.4 is 4.90 Å². The number of fused-ring (bicyclic) bond motifs is 3. The van der Waals surface area contributed by atoms with E-state index in [9.17, 15) is 9.59 Å². The molecular weight excluding hydrogens is 354 g/mol. The predicted octanol–water partition coefficient (Wildman–Crippen LogP) is 0.944. The highest BCUT2D eigenvalue weighted by Gasteiger charge is 2.26. The maximum Gasteiger partial charge on any atom is 0.277 e. The molecule has 1 aromatic heterocycles. The van der Waals surface area contributed by atoms with E-state index in [1.165, 1.54) is 4.90 Å². The molecule has 2 amide bonds. The number of likely N-dealkylation sites (N-methyl/N-ethyl adjacent to an activating group) is 1. The smallest absolute Gasteiger partial charge is 0.277 e. The van der Waals surface area contributed by atoms with Gasteiger partial charge in [0.2, 0.25) is 5.91 Å². The summed E-state index contributed by atoms with van der Waals surface area (Å²) in [7, 11) is 3.56. The molecule has 28 heavy (non-hydrogen) atoms. The van der Waals surface area contributed by atoms with Gasteiger partial charge in [0.15, 0.2) is 6.54 Å². The van der Waals surface area contributed by atoms with Crippen LogP contribution in [0, 0.1) is 0 Å². The van der Waals surface area contributed by atoms with Crippen LogP contribution in [0.4, 0.5) is 0 Å². The number of nitrogens with one attached hydrogen (secondary N) is 1. The summed E-state index contributed by atoms with van der Waals surface area (Å²) in [5.74, 6) is 0.250. The first-order valence-corrected chi connectivity index (χ1v) is 9.72. The Labute approximate surface area is 164 Å². The standard InChI is InChI=1S/C22H25N3O3/c1-23(2)21(27)14-24-9-11-25(12-10-24)20(26)13-17-15-28-19-8-7-16-5-3-4-6-18(16)22(17)19/h3-8,15H,9-14H2,1-2H3/p+1. The minimum Gasteiger partial charge on any atom is -0.464 e. The molecule has 2 aromatic carbocycles. The zero-order chi connectivity index (χ0) is 19.7. The number of piperazine rings is 1. The third-order valence-corrected chi connectivity index (χ3v) is 5.61. The van der Waals surface area contributed by atoms with E-state index in [0.717, 1.165) is 40.4 Å². The van der Waals surface area contributed by atoms with Gasteiger partial charge in [-0.2, -0.15) is 0 Å². The first-order valence-electron chi connectivity index (χ1n) is 9.72. The van der Waals surface area contributed by atoms with E-state index >= 15 is 0 Å². The highest BCUT2D eigenvalue weighted by Crippen LogP contribution is 2.30. The molecule has 4 rings (SSSR count). The van der Waals surface area contributed by atoms with E-state index in [2.05, 4.69) is 12.1 Å². The lowest BCUT2D eigenvalue weighted by molar-refractivity contribution is -0.896. The molecule has 0 unspecified atom stereocenters. The van der Waals surface area contributed by atoms with Crippen LogP contribution in [0.5, 0.6) is 0 Å². The van der Waals surface area contributed by atoms with Gasteiger partial charge in [0.05, 0.1) is 38.9 Å². The minimum atomic E-state index is 0.119. The van der Waals surface area contributed by atoms with Gasteiger partial charge in [-0.3, -0.25) is 9.59 Å². The van der Waals surface area contributed by atoms with Crippen molar-refractivity contribution < 1.29 is 18.9 Å². The fourth-order valence-electron chi connectivity index (χ4n) is 3.90. The molecule has 1 aliphatic heterocycles. The number of rotatable bonds is 4. The van der Waals surface area contributed by atoms with Gasteiger partial charge in [0.25, 0.3) is 5.91 Å². The molecule has 0 spiro atoms. The van der Waals surface area contributed by atoms with Crippen LogP contribution in [0.2, 0.25) is 0 Å². The average molecular weight is 380 g/mol. The summed E-state index contributed by atoms with van der Waals surface area (Å²) in [6.07, 6.45) is 2.05. The molecule has 1 aliphatic rings. The van der Waals surface area contributed by atoms with Crippen LogP contribution in [-0.2, 0) is 16.0 Å². The fraction of sp³-hybridized carbons (Fsp3) is 0.364. The lowest BCUT2D eigenvalue weighted by Gasteiger charge is -2.32. The Hall–Kier alpha value is -2.86. The summed E-state index contributed by atoms with van der Waals surface area (Å²) in [6.45, 7) is 3.48. The molecule has 146 valence electrons. The molecule has 6 heteroatoms. The Balaban J connectivity index is 1.45. The molecule has 0 saturated carbocycles. The number of benzene rings is 2. The molecule has 1 N–H and O–H groups in total. The largest absolute Gasteiger partial charge is 0.464 e. The van der Waals surface area contributed by atoms with Crippen molar-refractivity contribution in [1.82, 2.24) is 9.80 Å². The Morgan fingerprint density at radius 2 is 1.86 bits per heavy atom. The highest BCUT2D eigenvalue weighted by molar-refractivity contribution is 6.08. The van der Waals surface area contributed by atoms with E-state index in [1.54, 1.807) is 25.3 Å². The Bertz CT molecular complexity index is 1020. The SMILES string of the molecule is CN(C)C(=O)C[NH+]1CCN(C(=O)Cc2coc3ccc4ccccc4c23)CC1. The number of quaternary nitrogens is 1.